The van der Waals surface area contributed by atoms with Crippen LogP contribution in [0.4, 0.5) is 0 Å². The van der Waals surface area contributed by atoms with E-state index in [-0.39, 0.29) is 11.1 Å². The molecule has 0 bridgehead atoms. The van der Waals surface area contributed by atoms with Crippen molar-refractivity contribution in [3.8, 4) is 5.75 Å². The number of allylic oxidation sites excluding steroid dienone is 1. The Balaban J connectivity index is 1.85. The molecule has 2 heterocycles. The maximum atomic E-state index is 12.8. The van der Waals surface area contributed by atoms with Gasteiger partial charge in [0.05, 0.1) is 23.6 Å². The van der Waals surface area contributed by atoms with Gasteiger partial charge in [0, 0.05) is 6.54 Å². The molecule has 3 aromatic rings. The number of hydrogen-bond donors (Lipinski definition) is 1. The number of nitrogens with zero attached hydrogens (tertiary/aromatic N) is 2. The molecule has 0 spiro atoms. The summed E-state index contributed by atoms with van der Waals surface area (Å²) in [5.74, 6) is 0.339. The Hall–Kier alpha value is -3.41. The van der Waals surface area contributed by atoms with Crippen LogP contribution in [-0.4, -0.2) is 27.7 Å². The summed E-state index contributed by atoms with van der Waals surface area (Å²) in [7, 11) is 1.62. The van der Waals surface area contributed by atoms with Gasteiger partial charge < -0.3 is 9.84 Å². The van der Waals surface area contributed by atoms with Gasteiger partial charge >= 0.3 is 5.97 Å². The summed E-state index contributed by atoms with van der Waals surface area (Å²) in [5, 5.41) is 9.46. The molecule has 26 heavy (non-hydrogen) atoms. The van der Waals surface area contributed by atoms with Gasteiger partial charge in [-0.2, -0.15) is 0 Å². The number of carbonyl (C=O) groups is 1. The van der Waals surface area contributed by atoms with Gasteiger partial charge in [-0.1, -0.05) is 12.1 Å². The predicted octanol–water partition coefficient (Wildman–Crippen LogP) is 3.05. The largest absolute Gasteiger partial charge is 0.497 e. The first-order valence-corrected chi connectivity index (χ1v) is 8.20. The number of fused-ring (bicyclic) bond motifs is 2. The van der Waals surface area contributed by atoms with Gasteiger partial charge in [0.1, 0.15) is 11.6 Å². The van der Waals surface area contributed by atoms with Crippen molar-refractivity contribution >= 4 is 28.5 Å². The van der Waals surface area contributed by atoms with E-state index in [1.54, 1.807) is 17.7 Å². The van der Waals surface area contributed by atoms with Crippen molar-refractivity contribution in [2.45, 2.75) is 13.0 Å². The van der Waals surface area contributed by atoms with Crippen LogP contribution in [0, 0.1) is 0 Å². The Morgan fingerprint density at radius 1 is 1.27 bits per heavy atom. The molecule has 2 aromatic carbocycles. The van der Waals surface area contributed by atoms with E-state index >= 15 is 0 Å². The fourth-order valence-corrected chi connectivity index (χ4v) is 3.22. The summed E-state index contributed by atoms with van der Waals surface area (Å²) in [6, 6.07) is 12.1. The van der Waals surface area contributed by atoms with Crippen molar-refractivity contribution in [1.29, 1.82) is 0 Å². The highest BCUT2D eigenvalue weighted by atomic mass is 16.5. The number of hydrogen-bond acceptors (Lipinski definition) is 4. The molecule has 0 atom stereocenters. The molecular formula is C20H16N2O4. The molecule has 0 amide bonds. The van der Waals surface area contributed by atoms with Crippen LogP contribution in [0.2, 0.25) is 0 Å². The van der Waals surface area contributed by atoms with Gasteiger partial charge in [-0.05, 0) is 54.0 Å². The number of methoxy groups -OCH3 is 1. The van der Waals surface area contributed by atoms with Gasteiger partial charge in [-0.3, -0.25) is 9.36 Å². The Morgan fingerprint density at radius 3 is 2.88 bits per heavy atom. The van der Waals surface area contributed by atoms with Crippen molar-refractivity contribution in [2.75, 3.05) is 7.11 Å². The summed E-state index contributed by atoms with van der Waals surface area (Å²) < 4.78 is 6.86. The minimum atomic E-state index is -1.06. The summed E-state index contributed by atoms with van der Waals surface area (Å²) >= 11 is 0. The number of carboxylic acids is 1. The fourth-order valence-electron chi connectivity index (χ4n) is 3.22. The van der Waals surface area contributed by atoms with Gasteiger partial charge in [-0.15, -0.1) is 0 Å². The van der Waals surface area contributed by atoms with E-state index in [0.717, 1.165) is 16.9 Å². The van der Waals surface area contributed by atoms with Crippen molar-refractivity contribution in [2.24, 2.45) is 0 Å². The lowest BCUT2D eigenvalue weighted by atomic mass is 10.1. The third kappa shape index (κ3) is 2.65. The van der Waals surface area contributed by atoms with Gasteiger partial charge in [0.15, 0.2) is 0 Å². The molecule has 0 saturated heterocycles. The molecule has 1 aromatic heterocycles. The molecule has 130 valence electrons. The van der Waals surface area contributed by atoms with E-state index in [4.69, 9.17) is 9.84 Å². The zero-order valence-electron chi connectivity index (χ0n) is 14.1. The van der Waals surface area contributed by atoms with E-state index in [9.17, 15) is 9.59 Å². The molecular weight excluding hydrogens is 332 g/mol. The van der Waals surface area contributed by atoms with Crippen molar-refractivity contribution in [1.82, 2.24) is 9.55 Å². The van der Waals surface area contributed by atoms with Crippen LogP contribution in [0.3, 0.4) is 0 Å². The fraction of sp³-hybridized carbons (Fsp3) is 0.150. The van der Waals surface area contributed by atoms with E-state index in [1.807, 2.05) is 30.3 Å². The quantitative estimate of drug-likeness (QED) is 0.787. The van der Waals surface area contributed by atoms with E-state index in [2.05, 4.69) is 4.98 Å². The molecule has 6 nitrogen and oxygen atoms in total. The van der Waals surface area contributed by atoms with Crippen LogP contribution in [0.15, 0.2) is 47.3 Å². The number of aromatic carboxylic acids is 1. The first-order valence-electron chi connectivity index (χ1n) is 8.20. The number of benzene rings is 2. The minimum absolute atomic E-state index is 0.0853. The SMILES string of the molecule is COc1cccc(C=C2CCn3c2nc2ccc(C(=O)O)cc2c3=O)c1. The monoisotopic (exact) mass is 348 g/mol. The zero-order chi connectivity index (χ0) is 18.3. The van der Waals surface area contributed by atoms with Gasteiger partial charge in [0.25, 0.3) is 5.56 Å². The highest BCUT2D eigenvalue weighted by molar-refractivity contribution is 5.93. The average Bonchev–Trinajstić information content (AvgIpc) is 3.04. The lowest BCUT2D eigenvalue weighted by molar-refractivity contribution is 0.0697. The van der Waals surface area contributed by atoms with Crippen LogP contribution in [0.5, 0.6) is 5.75 Å². The lowest BCUT2D eigenvalue weighted by Gasteiger charge is -2.06. The third-order valence-electron chi connectivity index (χ3n) is 4.53. The molecule has 4 rings (SSSR count). The topological polar surface area (TPSA) is 81.4 Å². The van der Waals surface area contributed by atoms with Crippen molar-refractivity contribution in [3.05, 3.63) is 69.8 Å². The van der Waals surface area contributed by atoms with Crippen molar-refractivity contribution in [3.63, 3.8) is 0 Å². The second kappa shape index (κ2) is 6.15. The van der Waals surface area contributed by atoms with Crippen LogP contribution >= 0.6 is 0 Å². The van der Waals surface area contributed by atoms with Crippen LogP contribution in [0.25, 0.3) is 22.6 Å². The maximum absolute atomic E-state index is 12.8. The third-order valence-corrected chi connectivity index (χ3v) is 4.53. The molecule has 6 heteroatoms. The van der Waals surface area contributed by atoms with E-state index in [1.165, 1.54) is 12.1 Å². The zero-order valence-corrected chi connectivity index (χ0v) is 14.1. The first-order chi connectivity index (χ1) is 12.6. The number of rotatable bonds is 3. The Labute approximate surface area is 149 Å². The Kier molecular flexibility index (Phi) is 3.80. The maximum Gasteiger partial charge on any atom is 0.335 e. The Bertz CT molecular complexity index is 1130. The standard InChI is InChI=1S/C20H16N2O4/c1-26-15-4-2-3-12(10-15)9-13-7-8-22-18(13)21-17-6-5-14(20(24)25)11-16(17)19(22)23/h2-6,9-11H,7-8H2,1H3,(H,24,25). The van der Waals surface area contributed by atoms with Crippen LogP contribution < -0.4 is 10.3 Å². The van der Waals surface area contributed by atoms with E-state index in [0.29, 0.717) is 29.7 Å². The molecule has 1 aliphatic rings. The normalized spacial score (nSPS) is 14.6. The van der Waals surface area contributed by atoms with Gasteiger partial charge in [0.2, 0.25) is 0 Å². The molecule has 1 aliphatic heterocycles. The van der Waals surface area contributed by atoms with Gasteiger partial charge in [-0.25, -0.2) is 9.78 Å². The summed E-state index contributed by atoms with van der Waals surface area (Å²) in [5.41, 5.74) is 2.33. The highest BCUT2D eigenvalue weighted by Crippen LogP contribution is 2.28. The predicted molar refractivity (Wildman–Crippen MR) is 98.4 cm³/mol. The summed E-state index contributed by atoms with van der Waals surface area (Å²) in [6.07, 6.45) is 2.70. The second-order valence-electron chi connectivity index (χ2n) is 6.13. The second-order valence-corrected chi connectivity index (χ2v) is 6.13. The minimum Gasteiger partial charge on any atom is -0.497 e. The Morgan fingerprint density at radius 2 is 2.12 bits per heavy atom. The molecule has 0 unspecified atom stereocenters. The molecule has 1 N–H and O–H groups in total. The molecule has 0 fully saturated rings. The molecule has 0 aliphatic carbocycles. The first kappa shape index (κ1) is 16.1. The highest BCUT2D eigenvalue weighted by Gasteiger charge is 2.21. The summed E-state index contributed by atoms with van der Waals surface area (Å²) in [6.45, 7) is 0.532. The molecule has 0 saturated carbocycles. The van der Waals surface area contributed by atoms with E-state index < -0.39 is 5.97 Å². The number of carboxylic acid groups (broad SMARTS) is 1. The molecule has 0 radical (unpaired) electrons. The van der Waals surface area contributed by atoms with Crippen LogP contribution in [0.1, 0.15) is 28.2 Å². The lowest BCUT2D eigenvalue weighted by Crippen LogP contribution is -2.21. The van der Waals surface area contributed by atoms with Crippen molar-refractivity contribution < 1.29 is 14.6 Å². The smallest absolute Gasteiger partial charge is 0.335 e. The average molecular weight is 348 g/mol. The number of ether oxygens (including phenoxy) is 1. The number of aromatic nitrogens is 2. The van der Waals surface area contributed by atoms with Crippen LogP contribution in [-0.2, 0) is 6.54 Å². The summed E-state index contributed by atoms with van der Waals surface area (Å²) in [4.78, 5) is 28.5.